The lowest BCUT2D eigenvalue weighted by molar-refractivity contribution is 0.277. The number of rotatable bonds is 10. The average Bonchev–Trinajstić information content (AvgIpc) is 2.32. The molecule has 0 aliphatic heterocycles. The summed E-state index contributed by atoms with van der Waals surface area (Å²) in [5.41, 5.74) is 0. The Morgan fingerprint density at radius 1 is 0.647 bits per heavy atom. The molecule has 0 rings (SSSR count). The summed E-state index contributed by atoms with van der Waals surface area (Å²) in [6, 6.07) is 0. The highest BCUT2D eigenvalue weighted by molar-refractivity contribution is 4.68. The van der Waals surface area contributed by atoms with Gasteiger partial charge in [-0.05, 0) is 36.5 Å². The fourth-order valence-corrected chi connectivity index (χ4v) is 2.69. The first-order chi connectivity index (χ1) is 8.03. The smallest absolute Gasteiger partial charge is 0.0412 e. The van der Waals surface area contributed by atoms with E-state index in [9.17, 15) is 0 Å². The highest BCUT2D eigenvalue weighted by Crippen LogP contribution is 2.29. The molecule has 0 fully saturated rings. The van der Waals surface area contributed by atoms with Crippen LogP contribution in [0, 0.1) is 23.7 Å². The Bertz CT molecular complexity index is 159. The summed E-state index contributed by atoms with van der Waals surface area (Å²) in [4.78, 5) is 0. The van der Waals surface area contributed by atoms with Crippen molar-refractivity contribution in [1.29, 1.82) is 0 Å². The Labute approximate surface area is 111 Å². The molecule has 0 aromatic heterocycles. The van der Waals surface area contributed by atoms with Crippen LogP contribution in [-0.2, 0) is 0 Å². The van der Waals surface area contributed by atoms with Crippen molar-refractivity contribution in [2.75, 3.05) is 0 Å². The van der Waals surface area contributed by atoms with E-state index in [-0.39, 0.29) is 0 Å². The lowest BCUT2D eigenvalue weighted by atomic mass is 9.82. The molecule has 0 N–H and O–H groups in total. The first-order valence-corrected chi connectivity index (χ1v) is 8.03. The van der Waals surface area contributed by atoms with Crippen molar-refractivity contribution in [3.05, 3.63) is 0 Å². The Kier molecular flexibility index (Phi) is 9.97. The third-order valence-corrected chi connectivity index (χ3v) is 4.41. The first-order valence-electron chi connectivity index (χ1n) is 8.03. The maximum Gasteiger partial charge on any atom is -0.0412 e. The first kappa shape index (κ1) is 17.0. The van der Waals surface area contributed by atoms with E-state index in [4.69, 9.17) is 0 Å². The molecule has 0 nitrogen and oxygen atoms in total. The van der Waals surface area contributed by atoms with Gasteiger partial charge in [0.2, 0.25) is 0 Å². The van der Waals surface area contributed by atoms with Gasteiger partial charge in [0.15, 0.2) is 0 Å². The summed E-state index contributed by atoms with van der Waals surface area (Å²) >= 11 is 0. The normalized spacial score (nSPS) is 17.1. The second-order valence-corrected chi connectivity index (χ2v) is 6.50. The fourth-order valence-electron chi connectivity index (χ4n) is 2.69. The summed E-state index contributed by atoms with van der Waals surface area (Å²) < 4.78 is 0. The van der Waals surface area contributed by atoms with Crippen LogP contribution in [0.3, 0.4) is 0 Å². The van der Waals surface area contributed by atoms with E-state index in [2.05, 4.69) is 41.5 Å². The van der Waals surface area contributed by atoms with Crippen molar-refractivity contribution >= 4 is 0 Å². The molecular formula is C17H36. The van der Waals surface area contributed by atoms with E-state index in [1.54, 1.807) is 0 Å². The van der Waals surface area contributed by atoms with Gasteiger partial charge in [-0.15, -0.1) is 0 Å². The molecule has 0 bridgehead atoms. The molecule has 0 heterocycles. The van der Waals surface area contributed by atoms with Crippen molar-refractivity contribution in [2.45, 2.75) is 86.5 Å². The SMILES string of the molecule is CCC(C)CC(CC)CC(CC)CCC(C)C. The second-order valence-electron chi connectivity index (χ2n) is 6.50. The van der Waals surface area contributed by atoms with Crippen LogP contribution in [-0.4, -0.2) is 0 Å². The van der Waals surface area contributed by atoms with Gasteiger partial charge in [0.25, 0.3) is 0 Å². The molecule has 0 amide bonds. The van der Waals surface area contributed by atoms with E-state index in [1.807, 2.05) is 0 Å². The van der Waals surface area contributed by atoms with Crippen LogP contribution < -0.4 is 0 Å². The highest BCUT2D eigenvalue weighted by atomic mass is 14.2. The van der Waals surface area contributed by atoms with Crippen molar-refractivity contribution in [1.82, 2.24) is 0 Å². The van der Waals surface area contributed by atoms with Gasteiger partial charge in [-0.25, -0.2) is 0 Å². The predicted molar refractivity (Wildman–Crippen MR) is 80.3 cm³/mol. The third-order valence-electron chi connectivity index (χ3n) is 4.41. The van der Waals surface area contributed by atoms with E-state index in [0.29, 0.717) is 0 Å². The third kappa shape index (κ3) is 8.69. The molecule has 0 aromatic carbocycles. The molecule has 17 heavy (non-hydrogen) atoms. The van der Waals surface area contributed by atoms with Crippen LogP contribution in [0.25, 0.3) is 0 Å². The van der Waals surface area contributed by atoms with Crippen molar-refractivity contribution in [3.8, 4) is 0 Å². The van der Waals surface area contributed by atoms with E-state index in [1.165, 1.54) is 44.9 Å². The van der Waals surface area contributed by atoms with Crippen molar-refractivity contribution in [3.63, 3.8) is 0 Å². The summed E-state index contributed by atoms with van der Waals surface area (Å²) in [6.07, 6.45) is 9.89. The van der Waals surface area contributed by atoms with Gasteiger partial charge in [-0.3, -0.25) is 0 Å². The van der Waals surface area contributed by atoms with Crippen LogP contribution in [0.2, 0.25) is 0 Å². The molecule has 0 saturated carbocycles. The van der Waals surface area contributed by atoms with Crippen LogP contribution in [0.1, 0.15) is 86.5 Å². The maximum atomic E-state index is 2.41. The van der Waals surface area contributed by atoms with Crippen molar-refractivity contribution < 1.29 is 0 Å². The van der Waals surface area contributed by atoms with Gasteiger partial charge in [-0.1, -0.05) is 73.6 Å². The summed E-state index contributed by atoms with van der Waals surface area (Å²) in [7, 11) is 0. The van der Waals surface area contributed by atoms with Crippen LogP contribution in [0.15, 0.2) is 0 Å². The molecule has 3 atom stereocenters. The molecule has 0 radical (unpaired) electrons. The zero-order chi connectivity index (χ0) is 13.3. The van der Waals surface area contributed by atoms with Gasteiger partial charge < -0.3 is 0 Å². The molecule has 0 heteroatoms. The number of hydrogen-bond donors (Lipinski definition) is 0. The Morgan fingerprint density at radius 2 is 1.24 bits per heavy atom. The molecule has 0 aromatic rings. The van der Waals surface area contributed by atoms with Gasteiger partial charge in [0.05, 0.1) is 0 Å². The molecule has 0 aliphatic carbocycles. The largest absolute Gasteiger partial charge is 0.0651 e. The Hall–Kier alpha value is 0. The van der Waals surface area contributed by atoms with Gasteiger partial charge in [0, 0.05) is 0 Å². The molecular weight excluding hydrogens is 204 g/mol. The van der Waals surface area contributed by atoms with Gasteiger partial charge in [-0.2, -0.15) is 0 Å². The minimum Gasteiger partial charge on any atom is -0.0651 e. The van der Waals surface area contributed by atoms with E-state index in [0.717, 1.165) is 23.7 Å². The van der Waals surface area contributed by atoms with Crippen LogP contribution in [0.5, 0.6) is 0 Å². The maximum absolute atomic E-state index is 2.41. The standard InChI is InChI=1S/C17H36/c1-7-15(6)12-17(9-3)13-16(8-2)11-10-14(4)5/h14-17H,7-13H2,1-6H3. The highest BCUT2D eigenvalue weighted by Gasteiger charge is 2.16. The number of hydrogen-bond acceptors (Lipinski definition) is 0. The van der Waals surface area contributed by atoms with Gasteiger partial charge >= 0.3 is 0 Å². The van der Waals surface area contributed by atoms with E-state index >= 15 is 0 Å². The topological polar surface area (TPSA) is 0 Å². The minimum absolute atomic E-state index is 0.874. The summed E-state index contributed by atoms with van der Waals surface area (Å²) in [6.45, 7) is 14.2. The van der Waals surface area contributed by atoms with E-state index < -0.39 is 0 Å². The average molecular weight is 240 g/mol. The lowest BCUT2D eigenvalue weighted by Crippen LogP contribution is -2.12. The van der Waals surface area contributed by atoms with Crippen molar-refractivity contribution in [2.24, 2.45) is 23.7 Å². The lowest BCUT2D eigenvalue weighted by Gasteiger charge is -2.24. The zero-order valence-corrected chi connectivity index (χ0v) is 13.3. The Morgan fingerprint density at radius 3 is 1.65 bits per heavy atom. The molecule has 104 valence electrons. The zero-order valence-electron chi connectivity index (χ0n) is 13.3. The van der Waals surface area contributed by atoms with Crippen LogP contribution >= 0.6 is 0 Å². The van der Waals surface area contributed by atoms with Gasteiger partial charge in [0.1, 0.15) is 0 Å². The Balaban J connectivity index is 4.03. The quantitative estimate of drug-likeness (QED) is 0.420. The van der Waals surface area contributed by atoms with Crippen LogP contribution in [0.4, 0.5) is 0 Å². The second kappa shape index (κ2) is 9.97. The summed E-state index contributed by atoms with van der Waals surface area (Å²) in [5.74, 6) is 3.75. The molecule has 0 spiro atoms. The molecule has 3 unspecified atom stereocenters. The summed E-state index contributed by atoms with van der Waals surface area (Å²) in [5, 5.41) is 0. The minimum atomic E-state index is 0.874. The monoisotopic (exact) mass is 240 g/mol. The molecule has 0 saturated heterocycles. The molecule has 0 aliphatic rings. The fraction of sp³-hybridized carbons (Fsp3) is 1.00. The predicted octanol–water partition coefficient (Wildman–Crippen LogP) is 6.30.